The van der Waals surface area contributed by atoms with Crippen LogP contribution in [0.2, 0.25) is 0 Å². The molecule has 0 aromatic rings. The van der Waals surface area contributed by atoms with Crippen LogP contribution in [0.4, 0.5) is 0 Å². The first-order valence-electron chi connectivity index (χ1n) is 6.22. The first-order valence-corrected chi connectivity index (χ1v) is 6.22. The standard InChI is InChI=1S/C12H22N2O/c1-3-9(2)6-12(15)14-5-4-10-7-13-8-11(10)14/h9-11,13H,3-8H2,1-2H3/t9?,10-,11+/m0/s1. The van der Waals surface area contributed by atoms with E-state index in [1.807, 2.05) is 0 Å². The predicted molar refractivity (Wildman–Crippen MR) is 60.5 cm³/mol. The quantitative estimate of drug-likeness (QED) is 0.760. The monoisotopic (exact) mass is 210 g/mol. The third-order valence-electron chi connectivity index (χ3n) is 3.99. The van der Waals surface area contributed by atoms with E-state index in [-0.39, 0.29) is 0 Å². The Balaban J connectivity index is 1.90. The van der Waals surface area contributed by atoms with E-state index in [4.69, 9.17) is 0 Å². The molecule has 0 aliphatic carbocycles. The molecule has 2 rings (SSSR count). The zero-order valence-corrected chi connectivity index (χ0v) is 9.83. The van der Waals surface area contributed by atoms with Crippen molar-refractivity contribution in [2.24, 2.45) is 11.8 Å². The van der Waals surface area contributed by atoms with Gasteiger partial charge in [0.2, 0.25) is 5.91 Å². The van der Waals surface area contributed by atoms with Crippen molar-refractivity contribution in [3.05, 3.63) is 0 Å². The second kappa shape index (κ2) is 4.52. The Morgan fingerprint density at radius 2 is 2.33 bits per heavy atom. The van der Waals surface area contributed by atoms with Gasteiger partial charge in [-0.3, -0.25) is 4.79 Å². The fraction of sp³-hybridized carbons (Fsp3) is 0.917. The summed E-state index contributed by atoms with van der Waals surface area (Å²) in [5.41, 5.74) is 0. The molecule has 2 aliphatic rings. The summed E-state index contributed by atoms with van der Waals surface area (Å²) in [6.45, 7) is 7.43. The Morgan fingerprint density at radius 3 is 3.07 bits per heavy atom. The Morgan fingerprint density at radius 1 is 1.53 bits per heavy atom. The molecule has 1 amide bonds. The Kier molecular flexibility index (Phi) is 3.29. The van der Waals surface area contributed by atoms with Crippen LogP contribution in [0.25, 0.3) is 0 Å². The number of nitrogens with one attached hydrogen (secondary N) is 1. The summed E-state index contributed by atoms with van der Waals surface area (Å²) >= 11 is 0. The molecule has 3 heteroatoms. The van der Waals surface area contributed by atoms with Crippen molar-refractivity contribution in [2.45, 2.75) is 39.2 Å². The molecule has 0 aromatic heterocycles. The third kappa shape index (κ3) is 2.17. The number of nitrogens with zero attached hydrogens (tertiary/aromatic N) is 1. The minimum absolute atomic E-state index is 0.376. The van der Waals surface area contributed by atoms with Gasteiger partial charge in [0.25, 0.3) is 0 Å². The highest BCUT2D eigenvalue weighted by Crippen LogP contribution is 2.28. The van der Waals surface area contributed by atoms with Gasteiger partial charge in [-0.05, 0) is 18.3 Å². The maximum absolute atomic E-state index is 12.1. The molecule has 0 spiro atoms. The van der Waals surface area contributed by atoms with Gasteiger partial charge in [0.15, 0.2) is 0 Å². The second-order valence-electron chi connectivity index (χ2n) is 5.08. The lowest BCUT2D eigenvalue weighted by molar-refractivity contribution is -0.132. The zero-order chi connectivity index (χ0) is 10.8. The second-order valence-corrected chi connectivity index (χ2v) is 5.08. The summed E-state index contributed by atoms with van der Waals surface area (Å²) in [5.74, 6) is 1.64. The van der Waals surface area contributed by atoms with Crippen molar-refractivity contribution in [2.75, 3.05) is 19.6 Å². The van der Waals surface area contributed by atoms with Gasteiger partial charge in [0, 0.05) is 32.1 Å². The minimum atomic E-state index is 0.376. The van der Waals surface area contributed by atoms with Crippen LogP contribution in [-0.4, -0.2) is 36.5 Å². The van der Waals surface area contributed by atoms with E-state index in [9.17, 15) is 4.79 Å². The lowest BCUT2D eigenvalue weighted by atomic mass is 10.0. The maximum Gasteiger partial charge on any atom is 0.223 e. The van der Waals surface area contributed by atoms with Crippen molar-refractivity contribution >= 4 is 5.91 Å². The average Bonchev–Trinajstić information content (AvgIpc) is 2.77. The predicted octanol–water partition coefficient (Wildman–Crippen LogP) is 1.24. The van der Waals surface area contributed by atoms with E-state index in [1.54, 1.807) is 0 Å². The molecule has 1 N–H and O–H groups in total. The van der Waals surface area contributed by atoms with Crippen LogP contribution in [0.1, 0.15) is 33.1 Å². The number of hydrogen-bond acceptors (Lipinski definition) is 2. The first-order chi connectivity index (χ1) is 7.22. The number of carbonyl (C=O) groups excluding carboxylic acids is 1. The largest absolute Gasteiger partial charge is 0.338 e. The van der Waals surface area contributed by atoms with E-state index in [0.717, 1.165) is 38.4 Å². The van der Waals surface area contributed by atoms with E-state index >= 15 is 0 Å². The molecule has 0 radical (unpaired) electrons. The number of hydrogen-bond donors (Lipinski definition) is 1. The summed E-state index contributed by atoms with van der Waals surface area (Å²) in [6, 6.07) is 0.501. The lowest BCUT2D eigenvalue weighted by Crippen LogP contribution is -2.39. The molecule has 2 fully saturated rings. The molecular weight excluding hydrogens is 188 g/mol. The summed E-state index contributed by atoms with van der Waals surface area (Å²) in [4.78, 5) is 14.2. The summed E-state index contributed by atoms with van der Waals surface area (Å²) < 4.78 is 0. The maximum atomic E-state index is 12.1. The topological polar surface area (TPSA) is 32.3 Å². The van der Waals surface area contributed by atoms with Crippen LogP contribution in [0.3, 0.4) is 0 Å². The van der Waals surface area contributed by atoms with Gasteiger partial charge in [-0.15, -0.1) is 0 Å². The van der Waals surface area contributed by atoms with Crippen molar-refractivity contribution in [3.8, 4) is 0 Å². The van der Waals surface area contributed by atoms with Crippen molar-refractivity contribution in [1.82, 2.24) is 10.2 Å². The Bertz CT molecular complexity index is 242. The molecular formula is C12H22N2O. The molecule has 15 heavy (non-hydrogen) atoms. The fourth-order valence-electron chi connectivity index (χ4n) is 2.72. The average molecular weight is 210 g/mol. The third-order valence-corrected chi connectivity index (χ3v) is 3.99. The Hall–Kier alpha value is -0.570. The molecule has 0 bridgehead atoms. The van der Waals surface area contributed by atoms with E-state index in [1.165, 1.54) is 6.42 Å². The summed E-state index contributed by atoms with van der Waals surface area (Å²) in [5, 5.41) is 3.38. The van der Waals surface area contributed by atoms with Gasteiger partial charge in [-0.1, -0.05) is 20.3 Å². The van der Waals surface area contributed by atoms with Crippen LogP contribution in [-0.2, 0) is 4.79 Å². The zero-order valence-electron chi connectivity index (χ0n) is 9.83. The van der Waals surface area contributed by atoms with E-state index < -0.39 is 0 Å². The number of fused-ring (bicyclic) bond motifs is 1. The fourth-order valence-corrected chi connectivity index (χ4v) is 2.72. The normalized spacial score (nSPS) is 31.7. The molecule has 3 nitrogen and oxygen atoms in total. The van der Waals surface area contributed by atoms with Gasteiger partial charge in [0.05, 0.1) is 0 Å². The Labute approximate surface area is 92.2 Å². The SMILES string of the molecule is CCC(C)CC(=O)N1CC[C@H]2CNC[C@H]21. The smallest absolute Gasteiger partial charge is 0.223 e. The van der Waals surface area contributed by atoms with Crippen molar-refractivity contribution < 1.29 is 4.79 Å². The molecule has 2 saturated heterocycles. The number of carbonyl (C=O) groups is 1. The minimum Gasteiger partial charge on any atom is -0.338 e. The van der Waals surface area contributed by atoms with Gasteiger partial charge >= 0.3 is 0 Å². The highest BCUT2D eigenvalue weighted by atomic mass is 16.2. The van der Waals surface area contributed by atoms with Crippen LogP contribution < -0.4 is 5.32 Å². The van der Waals surface area contributed by atoms with Crippen molar-refractivity contribution in [1.29, 1.82) is 0 Å². The van der Waals surface area contributed by atoms with Gasteiger partial charge in [0.1, 0.15) is 0 Å². The van der Waals surface area contributed by atoms with Crippen LogP contribution in [0, 0.1) is 11.8 Å². The molecule has 3 atom stereocenters. The van der Waals surface area contributed by atoms with Gasteiger partial charge in [-0.25, -0.2) is 0 Å². The highest BCUT2D eigenvalue weighted by molar-refractivity contribution is 5.77. The molecule has 86 valence electrons. The van der Waals surface area contributed by atoms with Crippen molar-refractivity contribution in [3.63, 3.8) is 0 Å². The number of likely N-dealkylation sites (tertiary alicyclic amines) is 1. The van der Waals surface area contributed by atoms with E-state index in [2.05, 4.69) is 24.1 Å². The molecule has 2 aliphatic heterocycles. The molecule has 0 saturated carbocycles. The molecule has 2 heterocycles. The first kappa shape index (κ1) is 10.9. The van der Waals surface area contributed by atoms with Crippen LogP contribution >= 0.6 is 0 Å². The van der Waals surface area contributed by atoms with Crippen LogP contribution in [0.5, 0.6) is 0 Å². The molecule has 0 aromatic carbocycles. The number of rotatable bonds is 3. The summed E-state index contributed by atoms with van der Waals surface area (Å²) in [6.07, 6.45) is 3.04. The summed E-state index contributed by atoms with van der Waals surface area (Å²) in [7, 11) is 0. The van der Waals surface area contributed by atoms with Gasteiger partial charge in [-0.2, -0.15) is 0 Å². The lowest BCUT2D eigenvalue weighted by Gasteiger charge is -2.24. The van der Waals surface area contributed by atoms with Crippen LogP contribution in [0.15, 0.2) is 0 Å². The van der Waals surface area contributed by atoms with Gasteiger partial charge < -0.3 is 10.2 Å². The number of amides is 1. The molecule has 1 unspecified atom stereocenters. The highest BCUT2D eigenvalue weighted by Gasteiger charge is 2.39. The van der Waals surface area contributed by atoms with E-state index in [0.29, 0.717) is 17.9 Å².